The van der Waals surface area contributed by atoms with E-state index in [2.05, 4.69) is 45.7 Å². The first kappa shape index (κ1) is 13.6. The second kappa shape index (κ2) is 6.37. The van der Waals surface area contributed by atoms with Gasteiger partial charge < -0.3 is 5.32 Å². The molecular formula is C16H17NOS2. The zero-order chi connectivity index (χ0) is 13.8. The van der Waals surface area contributed by atoms with Crippen molar-refractivity contribution in [2.75, 3.05) is 0 Å². The van der Waals surface area contributed by atoms with Crippen LogP contribution < -0.4 is 5.32 Å². The van der Waals surface area contributed by atoms with Gasteiger partial charge in [-0.2, -0.15) is 11.3 Å². The minimum Gasteiger partial charge on any atom is -0.344 e. The van der Waals surface area contributed by atoms with Gasteiger partial charge in [0.2, 0.25) is 5.91 Å². The molecule has 2 aromatic heterocycles. The van der Waals surface area contributed by atoms with E-state index in [-0.39, 0.29) is 17.9 Å². The summed E-state index contributed by atoms with van der Waals surface area (Å²) in [6, 6.07) is 6.22. The van der Waals surface area contributed by atoms with Gasteiger partial charge in [-0.05, 0) is 53.1 Å². The highest BCUT2D eigenvalue weighted by molar-refractivity contribution is 7.10. The Morgan fingerprint density at radius 2 is 2.25 bits per heavy atom. The number of allylic oxidation sites excluding steroid dienone is 2. The molecule has 3 rings (SSSR count). The number of hydrogen-bond donors (Lipinski definition) is 1. The van der Waals surface area contributed by atoms with Crippen molar-refractivity contribution in [3.8, 4) is 0 Å². The molecule has 1 amide bonds. The summed E-state index contributed by atoms with van der Waals surface area (Å²) in [5.41, 5.74) is 1.18. The standard InChI is InChI=1S/C16H17NOS2/c18-16(12-5-2-1-3-6-12)17-15(13-8-10-19-11-13)14-7-4-9-20-14/h1-2,4,7-12,15H,3,5-6H2,(H,17,18)/t12-,15-/m1/s1. The molecule has 0 aromatic carbocycles. The Morgan fingerprint density at radius 1 is 1.30 bits per heavy atom. The molecule has 0 aliphatic heterocycles. The second-order valence-corrected chi connectivity index (χ2v) is 6.75. The second-order valence-electron chi connectivity index (χ2n) is 5.00. The quantitative estimate of drug-likeness (QED) is 0.835. The van der Waals surface area contributed by atoms with Crippen molar-refractivity contribution < 1.29 is 4.79 Å². The fourth-order valence-corrected chi connectivity index (χ4v) is 3.99. The van der Waals surface area contributed by atoms with Crippen LogP contribution in [0.25, 0.3) is 0 Å². The number of rotatable bonds is 4. The summed E-state index contributed by atoms with van der Waals surface area (Å²) in [4.78, 5) is 13.7. The van der Waals surface area contributed by atoms with Gasteiger partial charge >= 0.3 is 0 Å². The Kier molecular flexibility index (Phi) is 4.33. The first-order chi connectivity index (χ1) is 9.84. The molecule has 1 aliphatic carbocycles. The Hall–Kier alpha value is -1.39. The van der Waals surface area contributed by atoms with Crippen LogP contribution in [0.5, 0.6) is 0 Å². The van der Waals surface area contributed by atoms with Crippen molar-refractivity contribution in [3.05, 3.63) is 56.9 Å². The van der Waals surface area contributed by atoms with E-state index in [9.17, 15) is 4.79 Å². The van der Waals surface area contributed by atoms with Gasteiger partial charge in [0.25, 0.3) is 0 Å². The molecule has 20 heavy (non-hydrogen) atoms. The van der Waals surface area contributed by atoms with Crippen LogP contribution in [0.15, 0.2) is 46.5 Å². The lowest BCUT2D eigenvalue weighted by atomic mass is 9.93. The van der Waals surface area contributed by atoms with Crippen LogP contribution in [0.3, 0.4) is 0 Å². The van der Waals surface area contributed by atoms with Crippen LogP contribution >= 0.6 is 22.7 Å². The lowest BCUT2D eigenvalue weighted by Gasteiger charge is -2.22. The zero-order valence-electron chi connectivity index (χ0n) is 11.1. The lowest BCUT2D eigenvalue weighted by molar-refractivity contribution is -0.125. The number of carbonyl (C=O) groups is 1. The normalized spacial score (nSPS) is 19.7. The summed E-state index contributed by atoms with van der Waals surface area (Å²) < 4.78 is 0. The van der Waals surface area contributed by atoms with Crippen LogP contribution in [0.2, 0.25) is 0 Å². The third-order valence-electron chi connectivity index (χ3n) is 3.63. The molecule has 2 aromatic rings. The molecule has 0 saturated carbocycles. The third kappa shape index (κ3) is 3.02. The van der Waals surface area contributed by atoms with E-state index in [1.807, 2.05) is 6.07 Å². The van der Waals surface area contributed by atoms with Crippen molar-refractivity contribution in [1.29, 1.82) is 0 Å². The number of amides is 1. The van der Waals surface area contributed by atoms with Crippen LogP contribution in [0, 0.1) is 5.92 Å². The van der Waals surface area contributed by atoms with E-state index in [1.165, 1.54) is 10.4 Å². The monoisotopic (exact) mass is 303 g/mol. The molecule has 0 saturated heterocycles. The smallest absolute Gasteiger partial charge is 0.224 e. The highest BCUT2D eigenvalue weighted by atomic mass is 32.1. The minimum absolute atomic E-state index is 0.000318. The van der Waals surface area contributed by atoms with E-state index in [0.29, 0.717) is 0 Å². The molecule has 104 valence electrons. The summed E-state index contributed by atoms with van der Waals surface area (Å²) in [5.74, 6) is 0.306. The molecule has 2 nitrogen and oxygen atoms in total. The average Bonchev–Trinajstić information content (AvgIpc) is 3.19. The Morgan fingerprint density at radius 3 is 2.90 bits per heavy atom. The predicted molar refractivity (Wildman–Crippen MR) is 85.1 cm³/mol. The zero-order valence-corrected chi connectivity index (χ0v) is 12.8. The van der Waals surface area contributed by atoms with Crippen LogP contribution in [-0.2, 0) is 4.79 Å². The highest BCUT2D eigenvalue weighted by Crippen LogP contribution is 2.29. The van der Waals surface area contributed by atoms with E-state index in [4.69, 9.17) is 0 Å². The van der Waals surface area contributed by atoms with Gasteiger partial charge in [-0.15, -0.1) is 11.3 Å². The molecule has 0 fully saturated rings. The molecule has 4 heteroatoms. The summed E-state index contributed by atoms with van der Waals surface area (Å²) in [6.45, 7) is 0. The van der Waals surface area contributed by atoms with Crippen LogP contribution in [0.4, 0.5) is 0 Å². The maximum absolute atomic E-state index is 12.5. The van der Waals surface area contributed by atoms with Crippen LogP contribution in [-0.4, -0.2) is 5.91 Å². The van der Waals surface area contributed by atoms with Crippen molar-refractivity contribution in [2.24, 2.45) is 5.92 Å². The molecule has 0 unspecified atom stereocenters. The molecule has 1 aliphatic rings. The number of carbonyl (C=O) groups excluding carboxylic acids is 1. The van der Waals surface area contributed by atoms with Crippen molar-refractivity contribution in [2.45, 2.75) is 25.3 Å². The Labute approximate surface area is 127 Å². The largest absolute Gasteiger partial charge is 0.344 e. The molecule has 0 radical (unpaired) electrons. The van der Waals surface area contributed by atoms with E-state index in [1.54, 1.807) is 22.7 Å². The van der Waals surface area contributed by atoms with Crippen LogP contribution in [0.1, 0.15) is 35.7 Å². The third-order valence-corrected chi connectivity index (χ3v) is 5.27. The summed E-state index contributed by atoms with van der Waals surface area (Å²) in [5, 5.41) is 9.47. The van der Waals surface area contributed by atoms with Crippen molar-refractivity contribution >= 4 is 28.6 Å². The number of hydrogen-bond acceptors (Lipinski definition) is 3. The number of nitrogens with one attached hydrogen (secondary N) is 1. The van der Waals surface area contributed by atoms with E-state index >= 15 is 0 Å². The van der Waals surface area contributed by atoms with Gasteiger partial charge in [-0.1, -0.05) is 18.2 Å². The maximum atomic E-state index is 12.5. The van der Waals surface area contributed by atoms with Gasteiger partial charge in [0, 0.05) is 10.8 Å². The first-order valence-corrected chi connectivity index (χ1v) is 8.67. The molecule has 2 heterocycles. The highest BCUT2D eigenvalue weighted by Gasteiger charge is 2.24. The lowest BCUT2D eigenvalue weighted by Crippen LogP contribution is -2.34. The van der Waals surface area contributed by atoms with Gasteiger partial charge in [0.15, 0.2) is 0 Å². The predicted octanol–water partition coefficient (Wildman–Crippen LogP) is 4.37. The fourth-order valence-electron chi connectivity index (χ4n) is 2.51. The van der Waals surface area contributed by atoms with Gasteiger partial charge in [-0.25, -0.2) is 0 Å². The van der Waals surface area contributed by atoms with Gasteiger partial charge in [0.1, 0.15) is 0 Å². The molecular weight excluding hydrogens is 286 g/mol. The molecule has 2 atom stereocenters. The van der Waals surface area contributed by atoms with Gasteiger partial charge in [0.05, 0.1) is 6.04 Å². The van der Waals surface area contributed by atoms with Crippen molar-refractivity contribution in [1.82, 2.24) is 5.32 Å². The molecule has 1 N–H and O–H groups in total. The topological polar surface area (TPSA) is 29.1 Å². The first-order valence-electron chi connectivity index (χ1n) is 6.85. The Balaban J connectivity index is 1.77. The summed E-state index contributed by atoms with van der Waals surface area (Å²) in [6.07, 6.45) is 7.13. The Bertz CT molecular complexity index is 537. The average molecular weight is 303 g/mol. The van der Waals surface area contributed by atoms with E-state index in [0.717, 1.165) is 19.3 Å². The van der Waals surface area contributed by atoms with Crippen molar-refractivity contribution in [3.63, 3.8) is 0 Å². The summed E-state index contributed by atoms with van der Waals surface area (Å²) in [7, 11) is 0. The SMILES string of the molecule is O=C(N[C@H](c1ccsc1)c1cccs1)[C@@H]1CC=CCC1. The molecule has 0 bridgehead atoms. The van der Waals surface area contributed by atoms with Gasteiger partial charge in [-0.3, -0.25) is 4.79 Å². The number of thiophene rings is 2. The fraction of sp³-hybridized carbons (Fsp3) is 0.312. The minimum atomic E-state index is -0.000318. The molecule has 0 spiro atoms. The maximum Gasteiger partial charge on any atom is 0.224 e. The summed E-state index contributed by atoms with van der Waals surface area (Å²) >= 11 is 3.36. The van der Waals surface area contributed by atoms with E-state index < -0.39 is 0 Å².